The van der Waals surface area contributed by atoms with Crippen LogP contribution in [0, 0.1) is 0 Å². The molecule has 0 aliphatic carbocycles. The Hall–Kier alpha value is -2.96. The summed E-state index contributed by atoms with van der Waals surface area (Å²) in [6.07, 6.45) is 3.76. The van der Waals surface area contributed by atoms with E-state index < -0.39 is 0 Å². The number of nitrogens with one attached hydrogen (secondary N) is 1. The Balaban J connectivity index is 1.56. The van der Waals surface area contributed by atoms with Gasteiger partial charge in [-0.15, -0.1) is 5.10 Å². The molecule has 3 aromatic rings. The van der Waals surface area contributed by atoms with E-state index in [0.29, 0.717) is 0 Å². The lowest BCUT2D eigenvalue weighted by Gasteiger charge is -2.25. The Bertz CT molecular complexity index is 905. The van der Waals surface area contributed by atoms with Crippen LogP contribution >= 0.6 is 0 Å². The first-order valence-electron chi connectivity index (χ1n) is 8.47. The molecule has 0 spiro atoms. The molecule has 4 rings (SSSR count). The van der Waals surface area contributed by atoms with E-state index in [0.717, 1.165) is 41.8 Å². The second kappa shape index (κ2) is 6.51. The molecule has 0 bridgehead atoms. The van der Waals surface area contributed by atoms with Crippen LogP contribution in [0.25, 0.3) is 11.0 Å². The SMILES string of the molecule is CNc1cc([C@H]2CCCN2C(=O)Cn2nnc3ccccc32)ccn1. The van der Waals surface area contributed by atoms with Gasteiger partial charge in [0.25, 0.3) is 0 Å². The summed E-state index contributed by atoms with van der Waals surface area (Å²) in [6, 6.07) is 11.8. The molecule has 1 amide bonds. The largest absolute Gasteiger partial charge is 0.373 e. The number of likely N-dealkylation sites (tertiary alicyclic amines) is 1. The number of pyridine rings is 1. The summed E-state index contributed by atoms with van der Waals surface area (Å²) >= 11 is 0. The molecule has 7 heteroatoms. The van der Waals surface area contributed by atoms with Gasteiger partial charge in [0.1, 0.15) is 17.9 Å². The fourth-order valence-electron chi connectivity index (χ4n) is 3.46. The summed E-state index contributed by atoms with van der Waals surface area (Å²) < 4.78 is 1.68. The number of nitrogens with zero attached hydrogens (tertiary/aromatic N) is 5. The molecule has 25 heavy (non-hydrogen) atoms. The van der Waals surface area contributed by atoms with E-state index in [4.69, 9.17) is 0 Å². The van der Waals surface area contributed by atoms with Crippen LogP contribution in [0.2, 0.25) is 0 Å². The minimum absolute atomic E-state index is 0.0703. The first-order chi connectivity index (χ1) is 12.3. The molecule has 1 N–H and O–H groups in total. The van der Waals surface area contributed by atoms with Crippen molar-refractivity contribution >= 4 is 22.8 Å². The average molecular weight is 336 g/mol. The van der Waals surface area contributed by atoms with Gasteiger partial charge >= 0.3 is 0 Å². The highest BCUT2D eigenvalue weighted by atomic mass is 16.2. The summed E-state index contributed by atoms with van der Waals surface area (Å²) in [7, 11) is 1.85. The average Bonchev–Trinajstić information content (AvgIpc) is 3.29. The molecule has 1 fully saturated rings. The molecule has 1 aliphatic rings. The van der Waals surface area contributed by atoms with Crippen molar-refractivity contribution in [2.45, 2.75) is 25.4 Å². The van der Waals surface area contributed by atoms with Gasteiger partial charge in [-0.05, 0) is 42.7 Å². The van der Waals surface area contributed by atoms with Crippen LogP contribution in [0.3, 0.4) is 0 Å². The van der Waals surface area contributed by atoms with Crippen molar-refractivity contribution in [1.82, 2.24) is 24.9 Å². The van der Waals surface area contributed by atoms with Gasteiger partial charge in [-0.25, -0.2) is 9.67 Å². The van der Waals surface area contributed by atoms with E-state index in [1.165, 1.54) is 0 Å². The Morgan fingerprint density at radius 3 is 3.08 bits per heavy atom. The molecule has 1 aromatic carbocycles. The van der Waals surface area contributed by atoms with Gasteiger partial charge in [-0.2, -0.15) is 0 Å². The molecule has 0 unspecified atom stereocenters. The zero-order valence-electron chi connectivity index (χ0n) is 14.1. The van der Waals surface area contributed by atoms with Crippen molar-refractivity contribution in [3.05, 3.63) is 48.2 Å². The molecular weight excluding hydrogens is 316 g/mol. The van der Waals surface area contributed by atoms with Crippen molar-refractivity contribution in [1.29, 1.82) is 0 Å². The molecule has 2 aromatic heterocycles. The zero-order valence-corrected chi connectivity index (χ0v) is 14.1. The second-order valence-electron chi connectivity index (χ2n) is 6.21. The van der Waals surface area contributed by atoms with Crippen LogP contribution in [0.4, 0.5) is 5.82 Å². The number of fused-ring (bicyclic) bond motifs is 1. The van der Waals surface area contributed by atoms with E-state index in [9.17, 15) is 4.79 Å². The summed E-state index contributed by atoms with van der Waals surface area (Å²) in [5.74, 6) is 0.889. The maximum Gasteiger partial charge on any atom is 0.244 e. The van der Waals surface area contributed by atoms with Crippen LogP contribution in [-0.4, -0.2) is 44.4 Å². The Kier molecular flexibility index (Phi) is 4.05. The highest BCUT2D eigenvalue weighted by Crippen LogP contribution is 2.32. The number of para-hydroxylation sites is 1. The van der Waals surface area contributed by atoms with Crippen molar-refractivity contribution < 1.29 is 4.79 Å². The fraction of sp³-hybridized carbons (Fsp3) is 0.333. The van der Waals surface area contributed by atoms with E-state index >= 15 is 0 Å². The fourth-order valence-corrected chi connectivity index (χ4v) is 3.46. The molecule has 128 valence electrons. The first kappa shape index (κ1) is 15.6. The quantitative estimate of drug-likeness (QED) is 0.791. The zero-order chi connectivity index (χ0) is 17.2. The van der Waals surface area contributed by atoms with Crippen molar-refractivity contribution in [2.75, 3.05) is 18.9 Å². The van der Waals surface area contributed by atoms with Gasteiger partial charge in [0.2, 0.25) is 5.91 Å². The summed E-state index contributed by atoms with van der Waals surface area (Å²) in [4.78, 5) is 19.1. The molecule has 3 heterocycles. The number of rotatable bonds is 4. The summed E-state index contributed by atoms with van der Waals surface area (Å²) in [5, 5.41) is 11.3. The Morgan fingerprint density at radius 1 is 1.32 bits per heavy atom. The van der Waals surface area contributed by atoms with E-state index in [-0.39, 0.29) is 18.5 Å². The Labute approximate surface area is 145 Å². The molecular formula is C18H20N6O. The number of hydrogen-bond acceptors (Lipinski definition) is 5. The van der Waals surface area contributed by atoms with E-state index in [2.05, 4.69) is 20.6 Å². The third-order valence-electron chi connectivity index (χ3n) is 4.70. The van der Waals surface area contributed by atoms with E-state index in [1.807, 2.05) is 48.3 Å². The molecule has 7 nitrogen and oxygen atoms in total. The first-order valence-corrected chi connectivity index (χ1v) is 8.47. The van der Waals surface area contributed by atoms with Crippen molar-refractivity contribution in [3.63, 3.8) is 0 Å². The predicted octanol–water partition coefficient (Wildman–Crippen LogP) is 2.23. The third kappa shape index (κ3) is 2.93. The topological polar surface area (TPSA) is 75.9 Å². The van der Waals surface area contributed by atoms with Gasteiger partial charge < -0.3 is 10.2 Å². The minimum Gasteiger partial charge on any atom is -0.373 e. The summed E-state index contributed by atoms with van der Waals surface area (Å²) in [6.45, 7) is 0.980. The molecule has 1 saturated heterocycles. The molecule has 1 aliphatic heterocycles. The predicted molar refractivity (Wildman–Crippen MR) is 95.0 cm³/mol. The number of aromatic nitrogens is 4. The third-order valence-corrected chi connectivity index (χ3v) is 4.70. The van der Waals surface area contributed by atoms with Crippen molar-refractivity contribution in [3.8, 4) is 0 Å². The van der Waals surface area contributed by atoms with Gasteiger partial charge in [0.05, 0.1) is 11.6 Å². The van der Waals surface area contributed by atoms with Crippen molar-refractivity contribution in [2.24, 2.45) is 0 Å². The van der Waals surface area contributed by atoms with Gasteiger partial charge in [0.15, 0.2) is 0 Å². The highest BCUT2D eigenvalue weighted by molar-refractivity contribution is 5.80. The number of benzene rings is 1. The Morgan fingerprint density at radius 2 is 2.20 bits per heavy atom. The molecule has 0 radical (unpaired) electrons. The monoisotopic (exact) mass is 336 g/mol. The van der Waals surface area contributed by atoms with Crippen LogP contribution in [-0.2, 0) is 11.3 Å². The second-order valence-corrected chi connectivity index (χ2v) is 6.21. The van der Waals surface area contributed by atoms with Crippen LogP contribution in [0.1, 0.15) is 24.4 Å². The molecule has 1 atom stereocenters. The normalized spacial score (nSPS) is 17.2. The number of amides is 1. The maximum absolute atomic E-state index is 12.9. The number of carbonyl (C=O) groups excluding carboxylic acids is 1. The standard InChI is InChI=1S/C18H20N6O/c1-19-17-11-13(8-9-20-17)15-7-4-10-23(15)18(25)12-24-16-6-3-2-5-14(16)21-22-24/h2-3,5-6,8-9,11,15H,4,7,10,12H2,1H3,(H,19,20)/t15-/m1/s1. The number of hydrogen-bond donors (Lipinski definition) is 1. The lowest BCUT2D eigenvalue weighted by molar-refractivity contribution is -0.132. The van der Waals surface area contributed by atoms with Gasteiger partial charge in [0, 0.05) is 19.8 Å². The van der Waals surface area contributed by atoms with E-state index in [1.54, 1.807) is 10.9 Å². The number of anilines is 1. The molecule has 0 saturated carbocycles. The van der Waals surface area contributed by atoms with Crippen LogP contribution in [0.15, 0.2) is 42.6 Å². The minimum atomic E-state index is 0.0703. The van der Waals surface area contributed by atoms with Crippen LogP contribution < -0.4 is 5.32 Å². The highest BCUT2D eigenvalue weighted by Gasteiger charge is 2.30. The lowest BCUT2D eigenvalue weighted by Crippen LogP contribution is -2.33. The van der Waals surface area contributed by atoms with Gasteiger partial charge in [-0.1, -0.05) is 17.3 Å². The maximum atomic E-state index is 12.9. The lowest BCUT2D eigenvalue weighted by atomic mass is 10.1. The smallest absolute Gasteiger partial charge is 0.244 e. The van der Waals surface area contributed by atoms with Crippen LogP contribution in [0.5, 0.6) is 0 Å². The van der Waals surface area contributed by atoms with Gasteiger partial charge in [-0.3, -0.25) is 4.79 Å². The summed E-state index contributed by atoms with van der Waals surface area (Å²) in [5.41, 5.74) is 2.81. The number of carbonyl (C=O) groups is 1.